The molecule has 0 bridgehead atoms. The van der Waals surface area contributed by atoms with Gasteiger partial charge in [0.2, 0.25) is 16.0 Å². The minimum Gasteiger partial charge on any atom is -0.353 e. The fourth-order valence-corrected chi connectivity index (χ4v) is 1.48. The maximum absolute atomic E-state index is 11.1. The van der Waals surface area contributed by atoms with Crippen molar-refractivity contribution in [3.8, 4) is 0 Å². The number of anilines is 1. The van der Waals surface area contributed by atoms with Crippen LogP contribution in [0.3, 0.4) is 0 Å². The first-order valence-electron chi connectivity index (χ1n) is 4.56. The summed E-state index contributed by atoms with van der Waals surface area (Å²) in [5, 5.41) is 13.0. The molecule has 1 aromatic heterocycles. The highest BCUT2D eigenvalue weighted by Crippen LogP contribution is 2.07. The van der Waals surface area contributed by atoms with Crippen molar-refractivity contribution in [1.82, 2.24) is 14.7 Å². The Kier molecular flexibility index (Phi) is 4.29. The maximum Gasteiger partial charge on any atom is 0.305 e. The summed E-state index contributed by atoms with van der Waals surface area (Å²) in [4.78, 5) is 17.0. The summed E-state index contributed by atoms with van der Waals surface area (Å²) in [5.74, 6) is 0.00558. The quantitative estimate of drug-likeness (QED) is 0.514. The van der Waals surface area contributed by atoms with Gasteiger partial charge in [-0.25, -0.2) is 23.1 Å². The highest BCUT2D eigenvalue weighted by atomic mass is 32.2. The molecule has 0 fully saturated rings. The van der Waals surface area contributed by atoms with Gasteiger partial charge in [-0.1, -0.05) is 0 Å². The van der Waals surface area contributed by atoms with E-state index in [1.807, 2.05) is 0 Å². The van der Waals surface area contributed by atoms with Crippen LogP contribution in [-0.2, 0) is 10.0 Å². The van der Waals surface area contributed by atoms with Gasteiger partial charge >= 0.3 is 5.69 Å². The standard InChI is InChI=1S/C7H11N5O4S/c1-8-17(15,16)3-2-9-7-10-4-6(5-11-7)12(13)14/h4-5,8H,2-3H2,1H3,(H,9,10,11). The first-order valence-corrected chi connectivity index (χ1v) is 6.21. The van der Waals surface area contributed by atoms with Crippen LogP contribution >= 0.6 is 0 Å². The summed E-state index contributed by atoms with van der Waals surface area (Å²) in [6.45, 7) is 0.112. The summed E-state index contributed by atoms with van der Waals surface area (Å²) >= 11 is 0. The van der Waals surface area contributed by atoms with E-state index in [-0.39, 0.29) is 23.9 Å². The number of nitro groups is 1. The van der Waals surface area contributed by atoms with E-state index < -0.39 is 14.9 Å². The van der Waals surface area contributed by atoms with E-state index in [2.05, 4.69) is 20.0 Å². The molecule has 1 aromatic rings. The summed E-state index contributed by atoms with van der Waals surface area (Å²) in [7, 11) is -1.97. The van der Waals surface area contributed by atoms with Crippen molar-refractivity contribution in [2.24, 2.45) is 0 Å². The highest BCUT2D eigenvalue weighted by Gasteiger charge is 2.08. The van der Waals surface area contributed by atoms with Gasteiger partial charge in [-0.2, -0.15) is 0 Å². The van der Waals surface area contributed by atoms with Gasteiger partial charge in [0.1, 0.15) is 12.4 Å². The fourth-order valence-electron chi connectivity index (χ4n) is 0.906. The molecule has 0 radical (unpaired) electrons. The second kappa shape index (κ2) is 5.50. The van der Waals surface area contributed by atoms with Crippen molar-refractivity contribution < 1.29 is 13.3 Å². The molecule has 0 aromatic carbocycles. The molecule has 9 nitrogen and oxygen atoms in total. The van der Waals surface area contributed by atoms with Crippen molar-refractivity contribution in [3.05, 3.63) is 22.5 Å². The van der Waals surface area contributed by atoms with Crippen LogP contribution in [0.1, 0.15) is 0 Å². The van der Waals surface area contributed by atoms with E-state index in [4.69, 9.17) is 0 Å². The van der Waals surface area contributed by atoms with Crippen LogP contribution in [0.15, 0.2) is 12.4 Å². The molecule has 0 aliphatic heterocycles. The molecule has 0 spiro atoms. The van der Waals surface area contributed by atoms with Crippen LogP contribution in [0.25, 0.3) is 0 Å². The Labute approximate surface area is 97.5 Å². The lowest BCUT2D eigenvalue weighted by atomic mass is 10.5. The van der Waals surface area contributed by atoms with Gasteiger partial charge in [-0.3, -0.25) is 10.1 Å². The summed E-state index contributed by atoms with van der Waals surface area (Å²) in [6, 6.07) is 0. The SMILES string of the molecule is CNS(=O)(=O)CCNc1ncc([N+](=O)[O-])cn1. The number of nitrogens with one attached hydrogen (secondary N) is 2. The zero-order chi connectivity index (χ0) is 12.9. The smallest absolute Gasteiger partial charge is 0.305 e. The van der Waals surface area contributed by atoms with Crippen molar-refractivity contribution in [3.63, 3.8) is 0 Å². The summed E-state index contributed by atoms with van der Waals surface area (Å²) < 4.78 is 24.3. The third kappa shape index (κ3) is 4.28. The largest absolute Gasteiger partial charge is 0.353 e. The molecule has 0 amide bonds. The lowest BCUT2D eigenvalue weighted by Crippen LogP contribution is -2.26. The topological polar surface area (TPSA) is 127 Å². The van der Waals surface area contributed by atoms with Crippen molar-refractivity contribution in [2.45, 2.75) is 0 Å². The zero-order valence-electron chi connectivity index (χ0n) is 8.95. The predicted octanol–water partition coefficient (Wildman–Crippen LogP) is -0.654. The molecule has 0 atom stereocenters. The van der Waals surface area contributed by atoms with Gasteiger partial charge in [0.05, 0.1) is 10.7 Å². The molecule has 0 aliphatic rings. The molecule has 0 aliphatic carbocycles. The van der Waals surface area contributed by atoms with E-state index in [0.29, 0.717) is 0 Å². The number of rotatable bonds is 6. The Balaban J connectivity index is 2.51. The van der Waals surface area contributed by atoms with Crippen LogP contribution < -0.4 is 10.0 Å². The minimum atomic E-state index is -3.29. The minimum absolute atomic E-state index is 0.112. The Morgan fingerprint density at radius 1 is 1.41 bits per heavy atom. The van der Waals surface area contributed by atoms with Crippen LogP contribution in [0.5, 0.6) is 0 Å². The Bertz CT molecular complexity index is 485. The van der Waals surface area contributed by atoms with Gasteiger partial charge in [0, 0.05) is 6.54 Å². The van der Waals surface area contributed by atoms with Crippen molar-refractivity contribution >= 4 is 21.7 Å². The molecule has 0 saturated carbocycles. The Hall–Kier alpha value is -1.81. The number of hydrogen-bond donors (Lipinski definition) is 2. The highest BCUT2D eigenvalue weighted by molar-refractivity contribution is 7.89. The second-order valence-electron chi connectivity index (χ2n) is 2.97. The van der Waals surface area contributed by atoms with Crippen LogP contribution in [0, 0.1) is 10.1 Å². The van der Waals surface area contributed by atoms with E-state index in [1.165, 1.54) is 7.05 Å². The predicted molar refractivity (Wildman–Crippen MR) is 60.0 cm³/mol. The molecule has 10 heteroatoms. The number of sulfonamides is 1. The zero-order valence-corrected chi connectivity index (χ0v) is 9.77. The number of hydrogen-bond acceptors (Lipinski definition) is 7. The maximum atomic E-state index is 11.1. The summed E-state index contributed by atoms with van der Waals surface area (Å²) in [5.41, 5.74) is -0.224. The van der Waals surface area contributed by atoms with E-state index in [0.717, 1.165) is 12.4 Å². The van der Waals surface area contributed by atoms with Gasteiger partial charge < -0.3 is 5.32 Å². The average Bonchev–Trinajstić information content (AvgIpc) is 2.29. The number of nitrogens with zero attached hydrogens (tertiary/aromatic N) is 3. The Morgan fingerprint density at radius 3 is 2.47 bits per heavy atom. The molecule has 0 unspecified atom stereocenters. The lowest BCUT2D eigenvalue weighted by molar-refractivity contribution is -0.385. The van der Waals surface area contributed by atoms with E-state index in [1.54, 1.807) is 0 Å². The van der Waals surface area contributed by atoms with E-state index >= 15 is 0 Å². The van der Waals surface area contributed by atoms with Crippen LogP contribution in [-0.4, -0.2) is 42.7 Å². The van der Waals surface area contributed by atoms with Crippen molar-refractivity contribution in [1.29, 1.82) is 0 Å². The second-order valence-corrected chi connectivity index (χ2v) is 5.02. The summed E-state index contributed by atoms with van der Waals surface area (Å²) in [6.07, 6.45) is 2.09. The molecule has 2 N–H and O–H groups in total. The molecule has 17 heavy (non-hydrogen) atoms. The fraction of sp³-hybridized carbons (Fsp3) is 0.429. The van der Waals surface area contributed by atoms with Crippen LogP contribution in [0.2, 0.25) is 0 Å². The molecule has 94 valence electrons. The normalized spacial score (nSPS) is 11.1. The third-order valence-corrected chi connectivity index (χ3v) is 3.18. The lowest BCUT2D eigenvalue weighted by Gasteiger charge is -2.04. The molecular weight excluding hydrogens is 250 g/mol. The molecule has 1 heterocycles. The molecular formula is C7H11N5O4S. The number of aromatic nitrogens is 2. The molecule has 1 rings (SSSR count). The van der Waals surface area contributed by atoms with Gasteiger partial charge in [-0.05, 0) is 7.05 Å². The first-order chi connectivity index (χ1) is 7.94. The van der Waals surface area contributed by atoms with E-state index in [9.17, 15) is 18.5 Å². The third-order valence-electron chi connectivity index (χ3n) is 1.81. The van der Waals surface area contributed by atoms with Gasteiger partial charge in [-0.15, -0.1) is 0 Å². The first kappa shape index (κ1) is 13.3. The van der Waals surface area contributed by atoms with Crippen molar-refractivity contribution in [2.75, 3.05) is 24.7 Å². The Morgan fingerprint density at radius 2 is 2.00 bits per heavy atom. The van der Waals surface area contributed by atoms with Gasteiger partial charge in [0.15, 0.2) is 0 Å². The van der Waals surface area contributed by atoms with Gasteiger partial charge in [0.25, 0.3) is 0 Å². The van der Waals surface area contributed by atoms with Crippen LogP contribution in [0.4, 0.5) is 11.6 Å². The average molecular weight is 261 g/mol. The molecule has 0 saturated heterocycles. The monoisotopic (exact) mass is 261 g/mol.